The molecule has 0 fully saturated rings. The molecule has 1 rings (SSSR count). The number of carbonyl (C=O) groups is 1. The number of carbonyl (C=O) groups excluding carboxylic acids is 1. The molecule has 4 nitrogen and oxygen atoms in total. The third kappa shape index (κ3) is 4.00. The third-order valence-electron chi connectivity index (χ3n) is 1.41. The van der Waals surface area contributed by atoms with E-state index in [4.69, 9.17) is 10.5 Å². The molecule has 1 amide bonds. The van der Waals surface area contributed by atoms with Crippen molar-refractivity contribution in [2.75, 3.05) is 17.7 Å². The molecule has 14 heavy (non-hydrogen) atoms. The van der Waals surface area contributed by atoms with Gasteiger partial charge in [0, 0.05) is 11.4 Å². The van der Waals surface area contributed by atoms with Crippen molar-refractivity contribution in [3.8, 4) is 0 Å². The van der Waals surface area contributed by atoms with Gasteiger partial charge in [-0.25, -0.2) is 4.79 Å². The number of nitrogen functional groups attached to an aromatic ring is 1. The standard InChI is InChI=1S/C9H12N2O2.ClH/c1-2-13-9(12)11-8-5-3-4-7(10)6-8;/h3-6H,2,10H2,1H3,(H,11,12);1H. The summed E-state index contributed by atoms with van der Waals surface area (Å²) in [5, 5.41) is 2.54. The third-order valence-corrected chi connectivity index (χ3v) is 1.41. The van der Waals surface area contributed by atoms with Gasteiger partial charge in [0.05, 0.1) is 6.61 Å². The van der Waals surface area contributed by atoms with Gasteiger partial charge in [0.2, 0.25) is 0 Å². The highest BCUT2D eigenvalue weighted by atomic mass is 35.5. The first-order valence-corrected chi connectivity index (χ1v) is 4.01. The molecule has 0 saturated heterocycles. The predicted octanol–water partition coefficient (Wildman–Crippen LogP) is 2.26. The van der Waals surface area contributed by atoms with Crippen LogP contribution in [0.2, 0.25) is 0 Å². The van der Waals surface area contributed by atoms with Gasteiger partial charge in [-0.1, -0.05) is 6.07 Å². The highest BCUT2D eigenvalue weighted by Gasteiger charge is 2.00. The van der Waals surface area contributed by atoms with Crippen molar-refractivity contribution in [3.05, 3.63) is 24.3 Å². The average Bonchev–Trinajstić information content (AvgIpc) is 2.04. The van der Waals surface area contributed by atoms with Gasteiger partial charge >= 0.3 is 6.09 Å². The van der Waals surface area contributed by atoms with E-state index in [1.807, 2.05) is 0 Å². The molecule has 0 aliphatic heterocycles. The number of nitrogens with two attached hydrogens (primary N) is 1. The molecule has 0 heterocycles. The van der Waals surface area contributed by atoms with Gasteiger partial charge in [0.1, 0.15) is 0 Å². The molecule has 0 spiro atoms. The van der Waals surface area contributed by atoms with E-state index in [0.29, 0.717) is 18.0 Å². The Bertz CT molecular complexity index is 305. The molecular weight excluding hydrogens is 204 g/mol. The van der Waals surface area contributed by atoms with E-state index in [1.54, 1.807) is 31.2 Å². The van der Waals surface area contributed by atoms with Crippen molar-refractivity contribution < 1.29 is 9.53 Å². The first-order valence-electron chi connectivity index (χ1n) is 4.01. The van der Waals surface area contributed by atoms with E-state index in [1.165, 1.54) is 0 Å². The van der Waals surface area contributed by atoms with Crippen LogP contribution < -0.4 is 11.1 Å². The van der Waals surface area contributed by atoms with E-state index < -0.39 is 6.09 Å². The summed E-state index contributed by atoms with van der Waals surface area (Å²) >= 11 is 0. The Morgan fingerprint density at radius 1 is 1.57 bits per heavy atom. The highest BCUT2D eigenvalue weighted by Crippen LogP contribution is 2.11. The maximum absolute atomic E-state index is 10.9. The minimum absolute atomic E-state index is 0. The number of nitrogens with one attached hydrogen (secondary N) is 1. The molecule has 5 heteroatoms. The number of anilines is 2. The topological polar surface area (TPSA) is 64.3 Å². The van der Waals surface area contributed by atoms with Crippen LogP contribution >= 0.6 is 12.4 Å². The lowest BCUT2D eigenvalue weighted by atomic mass is 10.3. The Labute approximate surface area is 88.8 Å². The van der Waals surface area contributed by atoms with E-state index in [2.05, 4.69) is 5.32 Å². The lowest BCUT2D eigenvalue weighted by Gasteiger charge is -2.04. The van der Waals surface area contributed by atoms with Crippen LogP contribution in [0.1, 0.15) is 6.92 Å². The Morgan fingerprint density at radius 2 is 2.29 bits per heavy atom. The van der Waals surface area contributed by atoms with Crippen LogP contribution in [0.15, 0.2) is 24.3 Å². The normalized spacial score (nSPS) is 8.64. The molecule has 0 aliphatic rings. The van der Waals surface area contributed by atoms with Crippen molar-refractivity contribution in [2.24, 2.45) is 0 Å². The molecular formula is C9H13ClN2O2. The lowest BCUT2D eigenvalue weighted by Crippen LogP contribution is -2.13. The Balaban J connectivity index is 0.00000169. The molecule has 0 bridgehead atoms. The number of hydrogen-bond acceptors (Lipinski definition) is 3. The summed E-state index contributed by atoms with van der Waals surface area (Å²) in [6.45, 7) is 2.10. The van der Waals surface area contributed by atoms with Crippen LogP contribution in [0.5, 0.6) is 0 Å². The summed E-state index contributed by atoms with van der Waals surface area (Å²) in [6.07, 6.45) is -0.465. The van der Waals surface area contributed by atoms with Crippen LogP contribution in [0, 0.1) is 0 Å². The number of ether oxygens (including phenoxy) is 1. The van der Waals surface area contributed by atoms with Gasteiger partial charge in [-0.15, -0.1) is 12.4 Å². The van der Waals surface area contributed by atoms with Crippen molar-refractivity contribution in [1.29, 1.82) is 0 Å². The largest absolute Gasteiger partial charge is 0.450 e. The molecule has 0 aromatic heterocycles. The summed E-state index contributed by atoms with van der Waals surface area (Å²) in [5.74, 6) is 0. The van der Waals surface area contributed by atoms with Gasteiger partial charge in [-0.05, 0) is 25.1 Å². The molecule has 0 atom stereocenters. The number of halogens is 1. The second kappa shape index (κ2) is 6.10. The molecule has 0 aliphatic carbocycles. The lowest BCUT2D eigenvalue weighted by molar-refractivity contribution is 0.168. The second-order valence-electron chi connectivity index (χ2n) is 2.47. The summed E-state index contributed by atoms with van der Waals surface area (Å²) in [4.78, 5) is 10.9. The smallest absolute Gasteiger partial charge is 0.411 e. The van der Waals surface area contributed by atoms with Crippen molar-refractivity contribution in [1.82, 2.24) is 0 Å². The maximum atomic E-state index is 10.9. The van der Waals surface area contributed by atoms with Crippen LogP contribution in [0.3, 0.4) is 0 Å². The van der Waals surface area contributed by atoms with Gasteiger partial charge in [0.15, 0.2) is 0 Å². The maximum Gasteiger partial charge on any atom is 0.411 e. The summed E-state index contributed by atoms with van der Waals surface area (Å²) in [5.41, 5.74) is 6.76. The van der Waals surface area contributed by atoms with Crippen LogP contribution in [0.4, 0.5) is 16.2 Å². The fourth-order valence-corrected chi connectivity index (χ4v) is 0.901. The fourth-order valence-electron chi connectivity index (χ4n) is 0.901. The first-order chi connectivity index (χ1) is 6.22. The predicted molar refractivity (Wildman–Crippen MR) is 58.7 cm³/mol. The average molecular weight is 217 g/mol. The fraction of sp³-hybridized carbons (Fsp3) is 0.222. The minimum atomic E-state index is -0.465. The number of amides is 1. The summed E-state index contributed by atoms with van der Waals surface area (Å²) in [7, 11) is 0. The van der Waals surface area contributed by atoms with Crippen molar-refractivity contribution in [2.45, 2.75) is 6.92 Å². The Kier molecular flexibility index (Phi) is 5.48. The van der Waals surface area contributed by atoms with E-state index in [9.17, 15) is 4.79 Å². The molecule has 3 N–H and O–H groups in total. The number of hydrogen-bond donors (Lipinski definition) is 2. The van der Waals surface area contributed by atoms with E-state index in [-0.39, 0.29) is 12.4 Å². The zero-order chi connectivity index (χ0) is 9.68. The highest BCUT2D eigenvalue weighted by molar-refractivity contribution is 5.85. The van der Waals surface area contributed by atoms with Gasteiger partial charge < -0.3 is 10.5 Å². The molecule has 1 aromatic carbocycles. The molecule has 1 aromatic rings. The Morgan fingerprint density at radius 3 is 2.86 bits per heavy atom. The monoisotopic (exact) mass is 216 g/mol. The number of benzene rings is 1. The number of rotatable bonds is 2. The van der Waals surface area contributed by atoms with Gasteiger partial charge in [-0.3, -0.25) is 5.32 Å². The van der Waals surface area contributed by atoms with E-state index in [0.717, 1.165) is 0 Å². The first kappa shape index (κ1) is 12.6. The van der Waals surface area contributed by atoms with E-state index >= 15 is 0 Å². The van der Waals surface area contributed by atoms with Crippen molar-refractivity contribution >= 4 is 29.9 Å². The molecule has 0 unspecified atom stereocenters. The summed E-state index contributed by atoms with van der Waals surface area (Å²) in [6, 6.07) is 6.91. The van der Waals surface area contributed by atoms with Crippen LogP contribution in [-0.2, 0) is 4.74 Å². The molecule has 0 radical (unpaired) electrons. The minimum Gasteiger partial charge on any atom is -0.450 e. The zero-order valence-electron chi connectivity index (χ0n) is 7.82. The van der Waals surface area contributed by atoms with Crippen LogP contribution in [-0.4, -0.2) is 12.7 Å². The second-order valence-corrected chi connectivity index (χ2v) is 2.47. The molecule has 0 saturated carbocycles. The SMILES string of the molecule is CCOC(=O)Nc1cccc(N)c1.Cl. The summed E-state index contributed by atoms with van der Waals surface area (Å²) < 4.78 is 4.69. The molecule has 78 valence electrons. The quantitative estimate of drug-likeness (QED) is 0.746. The van der Waals surface area contributed by atoms with Crippen LogP contribution in [0.25, 0.3) is 0 Å². The zero-order valence-corrected chi connectivity index (χ0v) is 8.64. The van der Waals surface area contributed by atoms with Gasteiger partial charge in [-0.2, -0.15) is 0 Å². The van der Waals surface area contributed by atoms with Crippen molar-refractivity contribution in [3.63, 3.8) is 0 Å². The van der Waals surface area contributed by atoms with Gasteiger partial charge in [0.25, 0.3) is 0 Å². The Hall–Kier alpha value is -1.42.